The molecule has 2 aliphatic rings. The van der Waals surface area contributed by atoms with Crippen molar-refractivity contribution in [1.82, 2.24) is 10.3 Å². The van der Waals surface area contributed by atoms with Gasteiger partial charge >= 0.3 is 0 Å². The number of aromatic nitrogens is 1. The van der Waals surface area contributed by atoms with Crippen LogP contribution in [0.1, 0.15) is 51.1 Å². The van der Waals surface area contributed by atoms with Gasteiger partial charge in [0.05, 0.1) is 5.69 Å². The second-order valence-electron chi connectivity index (χ2n) is 6.31. The summed E-state index contributed by atoms with van der Waals surface area (Å²) >= 11 is 1.80. The summed E-state index contributed by atoms with van der Waals surface area (Å²) in [5.74, 6) is 0.872. The van der Waals surface area contributed by atoms with Gasteiger partial charge in [-0.15, -0.1) is 11.3 Å². The highest BCUT2D eigenvalue weighted by molar-refractivity contribution is 7.13. The molecule has 1 heterocycles. The molecule has 0 aromatic carbocycles. The predicted octanol–water partition coefficient (Wildman–Crippen LogP) is 3.41. The molecule has 3 rings (SSSR count). The Bertz CT molecular complexity index is 413. The van der Waals surface area contributed by atoms with E-state index in [1.54, 1.807) is 11.3 Å². The fraction of sp³-hybridized carbons (Fsp3) is 0.800. The van der Waals surface area contributed by atoms with E-state index in [-0.39, 0.29) is 0 Å². The van der Waals surface area contributed by atoms with Crippen molar-refractivity contribution in [2.45, 2.75) is 64.1 Å². The smallest absolute Gasteiger partial charge is 0.185 e. The first-order valence-corrected chi connectivity index (χ1v) is 8.51. The SMILES string of the molecule is CC1CCCC(N(C)c2nc(CNC3CC3)cs2)C1. The van der Waals surface area contributed by atoms with Gasteiger partial charge in [-0.05, 0) is 31.6 Å². The molecule has 1 N–H and O–H groups in total. The first-order valence-electron chi connectivity index (χ1n) is 7.63. The Labute approximate surface area is 120 Å². The monoisotopic (exact) mass is 279 g/mol. The van der Waals surface area contributed by atoms with Crippen molar-refractivity contribution in [2.24, 2.45) is 5.92 Å². The van der Waals surface area contributed by atoms with Gasteiger partial charge in [0.2, 0.25) is 0 Å². The number of nitrogens with one attached hydrogen (secondary N) is 1. The summed E-state index contributed by atoms with van der Waals surface area (Å²) in [6.07, 6.45) is 8.12. The minimum absolute atomic E-state index is 0.694. The molecule has 106 valence electrons. The van der Waals surface area contributed by atoms with Crippen LogP contribution in [0.25, 0.3) is 0 Å². The lowest BCUT2D eigenvalue weighted by molar-refractivity contribution is 0.336. The number of rotatable bonds is 5. The second kappa shape index (κ2) is 5.80. The molecule has 2 aliphatic carbocycles. The van der Waals surface area contributed by atoms with Gasteiger partial charge < -0.3 is 10.2 Å². The average molecular weight is 279 g/mol. The predicted molar refractivity (Wildman–Crippen MR) is 81.8 cm³/mol. The molecule has 0 bridgehead atoms. The highest BCUT2D eigenvalue weighted by atomic mass is 32.1. The molecule has 1 aromatic rings. The van der Waals surface area contributed by atoms with Crippen LogP contribution in [0.2, 0.25) is 0 Å². The molecule has 0 amide bonds. The van der Waals surface area contributed by atoms with Crippen LogP contribution in [0.4, 0.5) is 5.13 Å². The first-order chi connectivity index (χ1) is 9.22. The Balaban J connectivity index is 1.57. The minimum Gasteiger partial charge on any atom is -0.348 e. The Morgan fingerprint density at radius 2 is 2.21 bits per heavy atom. The van der Waals surface area contributed by atoms with Gasteiger partial charge in [0, 0.05) is 31.1 Å². The van der Waals surface area contributed by atoms with Crippen molar-refractivity contribution < 1.29 is 0 Å². The standard InChI is InChI=1S/C15H25N3S/c1-11-4-3-5-14(8-11)18(2)15-17-13(10-19-15)9-16-12-6-7-12/h10-12,14,16H,3-9H2,1-2H3. The summed E-state index contributed by atoms with van der Waals surface area (Å²) in [5, 5.41) is 6.95. The molecule has 2 saturated carbocycles. The Kier molecular flexibility index (Phi) is 4.08. The highest BCUT2D eigenvalue weighted by Crippen LogP contribution is 2.31. The normalized spacial score (nSPS) is 27.5. The van der Waals surface area contributed by atoms with Crippen LogP contribution in [-0.4, -0.2) is 24.1 Å². The third kappa shape index (κ3) is 3.48. The van der Waals surface area contributed by atoms with Gasteiger partial charge in [-0.1, -0.05) is 19.8 Å². The van der Waals surface area contributed by atoms with E-state index in [0.717, 1.165) is 18.5 Å². The molecule has 19 heavy (non-hydrogen) atoms. The van der Waals surface area contributed by atoms with E-state index in [2.05, 4.69) is 29.6 Å². The van der Waals surface area contributed by atoms with Gasteiger partial charge in [-0.2, -0.15) is 0 Å². The third-order valence-corrected chi connectivity index (χ3v) is 5.43. The van der Waals surface area contributed by atoms with Gasteiger partial charge in [0.1, 0.15) is 0 Å². The highest BCUT2D eigenvalue weighted by Gasteiger charge is 2.24. The molecule has 0 spiro atoms. The van der Waals surface area contributed by atoms with E-state index in [1.807, 2.05) is 0 Å². The lowest BCUT2D eigenvalue weighted by atomic mass is 9.86. The van der Waals surface area contributed by atoms with Crippen molar-refractivity contribution >= 4 is 16.5 Å². The van der Waals surface area contributed by atoms with E-state index < -0.39 is 0 Å². The van der Waals surface area contributed by atoms with E-state index in [1.165, 1.54) is 49.4 Å². The zero-order chi connectivity index (χ0) is 13.2. The summed E-state index contributed by atoms with van der Waals surface area (Å²) in [5.41, 5.74) is 1.21. The summed E-state index contributed by atoms with van der Waals surface area (Å²) in [6, 6.07) is 1.46. The number of anilines is 1. The van der Waals surface area contributed by atoms with Crippen molar-refractivity contribution in [1.29, 1.82) is 0 Å². The maximum absolute atomic E-state index is 4.79. The summed E-state index contributed by atoms with van der Waals surface area (Å²) in [7, 11) is 2.22. The van der Waals surface area contributed by atoms with Crippen LogP contribution in [0.5, 0.6) is 0 Å². The van der Waals surface area contributed by atoms with Crippen LogP contribution in [0.3, 0.4) is 0 Å². The third-order valence-electron chi connectivity index (χ3n) is 4.45. The second-order valence-corrected chi connectivity index (χ2v) is 7.15. The largest absolute Gasteiger partial charge is 0.348 e. The Hall–Kier alpha value is -0.610. The number of thiazole rings is 1. The van der Waals surface area contributed by atoms with Gasteiger partial charge in [0.15, 0.2) is 5.13 Å². The molecule has 2 fully saturated rings. The van der Waals surface area contributed by atoms with Crippen LogP contribution in [0, 0.1) is 5.92 Å². The maximum Gasteiger partial charge on any atom is 0.185 e. The van der Waals surface area contributed by atoms with Crippen LogP contribution < -0.4 is 10.2 Å². The van der Waals surface area contributed by atoms with E-state index in [9.17, 15) is 0 Å². The van der Waals surface area contributed by atoms with E-state index in [4.69, 9.17) is 4.98 Å². The van der Waals surface area contributed by atoms with Gasteiger partial charge in [0.25, 0.3) is 0 Å². The molecule has 3 nitrogen and oxygen atoms in total. The maximum atomic E-state index is 4.79. The van der Waals surface area contributed by atoms with Crippen LogP contribution >= 0.6 is 11.3 Å². The lowest BCUT2D eigenvalue weighted by Crippen LogP contribution is -2.35. The zero-order valence-electron chi connectivity index (χ0n) is 12.1. The Morgan fingerprint density at radius 1 is 1.37 bits per heavy atom. The molecule has 0 radical (unpaired) electrons. The van der Waals surface area contributed by atoms with Crippen molar-refractivity contribution in [3.63, 3.8) is 0 Å². The molecular weight excluding hydrogens is 254 g/mol. The average Bonchev–Trinajstić information content (AvgIpc) is 3.13. The molecule has 0 aliphatic heterocycles. The fourth-order valence-corrected chi connectivity index (χ4v) is 3.85. The number of hydrogen-bond acceptors (Lipinski definition) is 4. The molecule has 2 unspecified atom stereocenters. The minimum atomic E-state index is 0.694. The Morgan fingerprint density at radius 3 is 2.95 bits per heavy atom. The molecule has 1 aromatic heterocycles. The molecule has 0 saturated heterocycles. The van der Waals surface area contributed by atoms with Crippen molar-refractivity contribution in [3.05, 3.63) is 11.1 Å². The first kappa shape index (κ1) is 13.4. The molecule has 2 atom stereocenters. The lowest BCUT2D eigenvalue weighted by Gasteiger charge is -2.33. The summed E-state index contributed by atoms with van der Waals surface area (Å²) in [6.45, 7) is 3.32. The zero-order valence-corrected chi connectivity index (χ0v) is 12.9. The summed E-state index contributed by atoms with van der Waals surface area (Å²) in [4.78, 5) is 7.21. The van der Waals surface area contributed by atoms with E-state index in [0.29, 0.717) is 6.04 Å². The fourth-order valence-electron chi connectivity index (χ4n) is 2.99. The van der Waals surface area contributed by atoms with Crippen molar-refractivity contribution in [2.75, 3.05) is 11.9 Å². The van der Waals surface area contributed by atoms with Gasteiger partial charge in [-0.3, -0.25) is 0 Å². The topological polar surface area (TPSA) is 28.2 Å². The van der Waals surface area contributed by atoms with E-state index >= 15 is 0 Å². The van der Waals surface area contributed by atoms with Gasteiger partial charge in [-0.25, -0.2) is 4.98 Å². The van der Waals surface area contributed by atoms with Crippen LogP contribution in [0.15, 0.2) is 5.38 Å². The quantitative estimate of drug-likeness (QED) is 0.895. The summed E-state index contributed by atoms with van der Waals surface area (Å²) < 4.78 is 0. The molecule has 4 heteroatoms. The van der Waals surface area contributed by atoms with Crippen molar-refractivity contribution in [3.8, 4) is 0 Å². The molecular formula is C15H25N3S. The van der Waals surface area contributed by atoms with Crippen LogP contribution in [-0.2, 0) is 6.54 Å². The number of nitrogens with zero attached hydrogens (tertiary/aromatic N) is 2. The number of hydrogen-bond donors (Lipinski definition) is 1.